The number of rotatable bonds is 2. The van der Waals surface area contributed by atoms with Crippen LogP contribution in [0.25, 0.3) is 11.2 Å². The number of fused-ring (bicyclic) bond motifs is 1. The van der Waals surface area contributed by atoms with Crippen LogP contribution in [0.3, 0.4) is 0 Å². The number of nitrogens with zero attached hydrogens (tertiary/aromatic N) is 5. The summed E-state index contributed by atoms with van der Waals surface area (Å²) in [6.07, 6.45) is 3.41. The molecule has 0 aliphatic carbocycles. The van der Waals surface area contributed by atoms with Crippen molar-refractivity contribution in [3.05, 3.63) is 17.5 Å². The van der Waals surface area contributed by atoms with Crippen LogP contribution in [-0.2, 0) is 11.3 Å². The average Bonchev–Trinajstić information content (AvgIpc) is 2.88. The zero-order valence-corrected chi connectivity index (χ0v) is 15.0. The Bertz CT molecular complexity index is 732. The Balaban J connectivity index is 1.58. The molecule has 1 aliphatic rings. The maximum absolute atomic E-state index is 12.1. The highest BCUT2D eigenvalue weighted by atomic mass is 35.5. The number of likely N-dealkylation sites (tertiary alicyclic amines) is 1. The molecule has 0 spiro atoms. The molecule has 3 rings (SSSR count). The molecule has 0 atom stereocenters. The molecule has 0 unspecified atom stereocenters. The van der Waals surface area contributed by atoms with Crippen LogP contribution < -0.4 is 0 Å². The fourth-order valence-corrected chi connectivity index (χ4v) is 3.02. The van der Waals surface area contributed by atoms with Gasteiger partial charge >= 0.3 is 6.09 Å². The van der Waals surface area contributed by atoms with E-state index in [0.29, 0.717) is 24.2 Å². The van der Waals surface area contributed by atoms with Gasteiger partial charge in [0.05, 0.1) is 6.33 Å². The van der Waals surface area contributed by atoms with Gasteiger partial charge in [0.2, 0.25) is 0 Å². The first-order chi connectivity index (χ1) is 11.3. The summed E-state index contributed by atoms with van der Waals surface area (Å²) in [5.41, 5.74) is 1.04. The van der Waals surface area contributed by atoms with E-state index in [-0.39, 0.29) is 6.09 Å². The normalized spacial score (nSPS) is 16.6. The molecule has 0 bridgehead atoms. The van der Waals surface area contributed by atoms with Gasteiger partial charge in [-0.2, -0.15) is 0 Å². The van der Waals surface area contributed by atoms with Gasteiger partial charge in [0, 0.05) is 25.7 Å². The van der Waals surface area contributed by atoms with Crippen LogP contribution in [0.15, 0.2) is 12.4 Å². The highest BCUT2D eigenvalue weighted by molar-refractivity contribution is 6.29. The summed E-state index contributed by atoms with van der Waals surface area (Å²) in [5.74, 6) is 0.471. The minimum atomic E-state index is -0.455. The highest BCUT2D eigenvalue weighted by Crippen LogP contribution is 2.23. The van der Waals surface area contributed by atoms with Gasteiger partial charge in [-0.1, -0.05) is 11.6 Å². The number of hydrogen-bond acceptors (Lipinski definition) is 5. The molecule has 0 aromatic carbocycles. The SMILES string of the molecule is CC(C)(C)OC(=O)N1CCC(Cn2cnc3cc(Cl)nnc32)CC1. The summed E-state index contributed by atoms with van der Waals surface area (Å²) < 4.78 is 7.43. The smallest absolute Gasteiger partial charge is 0.410 e. The van der Waals surface area contributed by atoms with Gasteiger partial charge in [-0.25, -0.2) is 9.78 Å². The number of carbonyl (C=O) groups excluding carboxylic acids is 1. The molecule has 0 saturated carbocycles. The number of hydrogen-bond donors (Lipinski definition) is 0. The second-order valence-corrected chi connectivity index (χ2v) is 7.57. The summed E-state index contributed by atoms with van der Waals surface area (Å²) in [4.78, 5) is 18.2. The van der Waals surface area contributed by atoms with Gasteiger partial charge in [0.1, 0.15) is 11.1 Å². The maximum atomic E-state index is 12.1. The van der Waals surface area contributed by atoms with Crippen molar-refractivity contribution in [3.8, 4) is 0 Å². The van der Waals surface area contributed by atoms with Gasteiger partial charge in [-0.15, -0.1) is 10.2 Å². The number of amides is 1. The number of piperidine rings is 1. The third-order valence-corrected chi connectivity index (χ3v) is 4.24. The van der Waals surface area contributed by atoms with Gasteiger partial charge in [-0.05, 0) is 39.5 Å². The van der Waals surface area contributed by atoms with E-state index >= 15 is 0 Å². The molecular formula is C16H22ClN5O2. The third-order valence-electron chi connectivity index (χ3n) is 4.05. The zero-order valence-electron chi connectivity index (χ0n) is 14.2. The van der Waals surface area contributed by atoms with Crippen LogP contribution in [0.1, 0.15) is 33.6 Å². The van der Waals surface area contributed by atoms with Gasteiger partial charge in [0.15, 0.2) is 10.8 Å². The Morgan fingerprint density at radius 2 is 2.04 bits per heavy atom. The van der Waals surface area contributed by atoms with Crippen LogP contribution >= 0.6 is 11.6 Å². The van der Waals surface area contributed by atoms with Crippen LogP contribution in [0.5, 0.6) is 0 Å². The Morgan fingerprint density at radius 3 is 2.71 bits per heavy atom. The highest BCUT2D eigenvalue weighted by Gasteiger charge is 2.27. The topological polar surface area (TPSA) is 73.1 Å². The van der Waals surface area contributed by atoms with Crippen molar-refractivity contribution in [2.45, 2.75) is 45.8 Å². The minimum absolute atomic E-state index is 0.227. The van der Waals surface area contributed by atoms with E-state index in [4.69, 9.17) is 16.3 Å². The summed E-state index contributed by atoms with van der Waals surface area (Å²) >= 11 is 5.84. The minimum Gasteiger partial charge on any atom is -0.444 e. The number of halogens is 1. The molecule has 1 fully saturated rings. The molecule has 0 radical (unpaired) electrons. The Hall–Kier alpha value is -1.89. The number of imidazole rings is 1. The second kappa shape index (κ2) is 6.55. The monoisotopic (exact) mass is 351 g/mol. The van der Waals surface area contributed by atoms with E-state index in [1.165, 1.54) is 0 Å². The lowest BCUT2D eigenvalue weighted by Crippen LogP contribution is -2.42. The quantitative estimate of drug-likeness (QED) is 0.831. The number of ether oxygens (including phenoxy) is 1. The van der Waals surface area contributed by atoms with Crippen molar-refractivity contribution in [2.24, 2.45) is 5.92 Å². The van der Waals surface area contributed by atoms with Crippen molar-refractivity contribution in [2.75, 3.05) is 13.1 Å². The van der Waals surface area contributed by atoms with Gasteiger partial charge in [-0.3, -0.25) is 0 Å². The first kappa shape index (κ1) is 17.0. The molecule has 3 heterocycles. The average molecular weight is 352 g/mol. The van der Waals surface area contributed by atoms with E-state index in [1.54, 1.807) is 17.3 Å². The molecule has 0 N–H and O–H groups in total. The summed E-state index contributed by atoms with van der Waals surface area (Å²) in [5, 5.41) is 8.36. The largest absolute Gasteiger partial charge is 0.444 e. The molecular weight excluding hydrogens is 330 g/mol. The molecule has 1 aliphatic heterocycles. The van der Waals surface area contributed by atoms with Crippen molar-refractivity contribution >= 4 is 28.9 Å². The van der Waals surface area contributed by atoms with E-state index in [9.17, 15) is 4.79 Å². The predicted molar refractivity (Wildman–Crippen MR) is 90.9 cm³/mol. The zero-order chi connectivity index (χ0) is 17.3. The predicted octanol–water partition coefficient (Wildman–Crippen LogP) is 3.13. The van der Waals surface area contributed by atoms with Crippen LogP contribution in [0.2, 0.25) is 5.15 Å². The first-order valence-electron chi connectivity index (χ1n) is 8.14. The molecule has 7 nitrogen and oxygen atoms in total. The molecule has 1 amide bonds. The Labute approximate surface area is 146 Å². The standard InChI is InChI=1S/C16H22ClN5O2/c1-16(2,3)24-15(23)21-6-4-11(5-7-21)9-22-10-18-12-8-13(17)19-20-14(12)22/h8,10-11H,4-7,9H2,1-3H3. The number of carbonyl (C=O) groups is 1. The lowest BCUT2D eigenvalue weighted by Gasteiger charge is -2.33. The Kier molecular flexibility index (Phi) is 4.62. The van der Waals surface area contributed by atoms with E-state index in [2.05, 4.69) is 15.2 Å². The molecule has 130 valence electrons. The number of aromatic nitrogens is 4. The second-order valence-electron chi connectivity index (χ2n) is 7.18. The lowest BCUT2D eigenvalue weighted by molar-refractivity contribution is 0.0178. The summed E-state index contributed by atoms with van der Waals surface area (Å²) in [6, 6.07) is 1.71. The lowest BCUT2D eigenvalue weighted by atomic mass is 9.97. The summed E-state index contributed by atoms with van der Waals surface area (Å²) in [6.45, 7) is 7.89. The Morgan fingerprint density at radius 1 is 1.33 bits per heavy atom. The summed E-state index contributed by atoms with van der Waals surface area (Å²) in [7, 11) is 0. The first-order valence-corrected chi connectivity index (χ1v) is 8.51. The van der Waals surface area contributed by atoms with Crippen LogP contribution in [0, 0.1) is 5.92 Å². The fourth-order valence-electron chi connectivity index (χ4n) is 2.88. The van der Waals surface area contributed by atoms with Crippen molar-refractivity contribution in [1.29, 1.82) is 0 Å². The maximum Gasteiger partial charge on any atom is 0.410 e. The van der Waals surface area contributed by atoms with Crippen molar-refractivity contribution in [1.82, 2.24) is 24.6 Å². The molecule has 8 heteroatoms. The third kappa shape index (κ3) is 3.95. The van der Waals surface area contributed by atoms with E-state index < -0.39 is 5.60 Å². The van der Waals surface area contributed by atoms with Crippen molar-refractivity contribution < 1.29 is 9.53 Å². The van der Waals surface area contributed by atoms with Crippen molar-refractivity contribution in [3.63, 3.8) is 0 Å². The van der Waals surface area contributed by atoms with E-state index in [1.807, 2.05) is 25.3 Å². The van der Waals surface area contributed by atoms with Crippen LogP contribution in [-0.4, -0.2) is 49.4 Å². The molecule has 1 saturated heterocycles. The van der Waals surface area contributed by atoms with E-state index in [0.717, 1.165) is 30.6 Å². The van der Waals surface area contributed by atoms with Gasteiger partial charge < -0.3 is 14.2 Å². The molecule has 2 aromatic rings. The molecule has 24 heavy (non-hydrogen) atoms. The van der Waals surface area contributed by atoms with Crippen LogP contribution in [0.4, 0.5) is 4.79 Å². The fraction of sp³-hybridized carbons (Fsp3) is 0.625. The molecule has 2 aromatic heterocycles. The van der Waals surface area contributed by atoms with Gasteiger partial charge in [0.25, 0.3) is 0 Å².